The van der Waals surface area contributed by atoms with Crippen LogP contribution in [0.3, 0.4) is 0 Å². The topological polar surface area (TPSA) is 29.3 Å². The molecule has 0 aromatic carbocycles. The zero-order valence-electron chi connectivity index (χ0n) is 6.56. The minimum absolute atomic E-state index is 0. The molecule has 0 fully saturated rings. The van der Waals surface area contributed by atoms with Gasteiger partial charge in [0.2, 0.25) is 0 Å². The van der Waals surface area contributed by atoms with Gasteiger partial charge in [-0.15, -0.1) is 0 Å². The first-order chi connectivity index (χ1) is 3.77. The first-order valence-electron chi connectivity index (χ1n) is 2.99. The third kappa shape index (κ3) is 12.7. The van der Waals surface area contributed by atoms with Crippen molar-refractivity contribution >= 4 is 0 Å². The van der Waals surface area contributed by atoms with Gasteiger partial charge in [0.15, 0.2) is 0 Å². The first kappa shape index (κ1) is 13.2. The number of nitrogens with two attached hydrogens (primary N) is 1. The molecular weight excluding hydrogens is 139 g/mol. The van der Waals surface area contributed by atoms with Gasteiger partial charge in [-0.05, 0) is 33.0 Å². The summed E-state index contributed by atoms with van der Waals surface area (Å²) in [6.07, 6.45) is 2.27. The summed E-state index contributed by atoms with van der Waals surface area (Å²) in [7, 11) is 5.67. The third-order valence-electron chi connectivity index (χ3n) is 0.994. The molecule has 0 atom stereocenters. The fourth-order valence-electron chi connectivity index (χ4n) is 0.526. The summed E-state index contributed by atoms with van der Waals surface area (Å²) in [6.45, 7) is 1.85. The molecule has 0 aliphatic heterocycles. The predicted molar refractivity (Wildman–Crippen MR) is 36.3 cm³/mol. The summed E-state index contributed by atoms with van der Waals surface area (Å²) < 4.78 is 0. The summed E-state index contributed by atoms with van der Waals surface area (Å²) in [5, 5.41) is 0. The van der Waals surface area contributed by atoms with E-state index >= 15 is 0 Å². The van der Waals surface area contributed by atoms with Crippen molar-refractivity contribution in [3.8, 4) is 0 Å². The maximum Gasteiger partial charge on any atom is 1.00 e. The van der Waals surface area contributed by atoms with E-state index in [1.165, 1.54) is 0 Å². The zero-order valence-corrected chi connectivity index (χ0v) is 9.68. The van der Waals surface area contributed by atoms with E-state index in [2.05, 4.69) is 7.05 Å². The van der Waals surface area contributed by atoms with Crippen LogP contribution in [0.25, 0.3) is 0 Å². The quantitative estimate of drug-likeness (QED) is 0.274. The Morgan fingerprint density at radius 3 is 2.33 bits per heavy atom. The van der Waals surface area contributed by atoms with Crippen LogP contribution in [-0.2, 0) is 0 Å². The molecule has 0 aliphatic rings. The van der Waals surface area contributed by atoms with E-state index in [1.54, 1.807) is 0 Å². The summed E-state index contributed by atoms with van der Waals surface area (Å²) in [5.41, 5.74) is 5.28. The van der Waals surface area contributed by atoms with Crippen molar-refractivity contribution < 1.29 is 51.4 Å². The summed E-state index contributed by atoms with van der Waals surface area (Å²) in [5.74, 6) is 0. The molecule has 0 rings (SSSR count). The Bertz CT molecular complexity index is 48.3. The van der Waals surface area contributed by atoms with Crippen LogP contribution in [0.2, 0.25) is 0 Å². The van der Waals surface area contributed by atoms with Gasteiger partial charge in [-0.2, -0.15) is 0 Å². The number of hydrogen-bond acceptors (Lipinski definition) is 2. The van der Waals surface area contributed by atoms with Crippen LogP contribution in [0.1, 0.15) is 12.8 Å². The van der Waals surface area contributed by atoms with Crippen LogP contribution in [0.4, 0.5) is 0 Å². The SMILES string of the molecule is [CH2-]N(C)CCCCN.[K+]. The summed E-state index contributed by atoms with van der Waals surface area (Å²) in [6, 6.07) is 0. The molecule has 2 N–H and O–H groups in total. The molecule has 0 saturated carbocycles. The molecule has 9 heavy (non-hydrogen) atoms. The van der Waals surface area contributed by atoms with Crippen LogP contribution in [-0.4, -0.2) is 25.0 Å². The molecule has 0 amide bonds. The molecule has 50 valence electrons. The molecule has 2 nitrogen and oxygen atoms in total. The van der Waals surface area contributed by atoms with Crippen LogP contribution in [0, 0.1) is 7.05 Å². The monoisotopic (exact) mass is 154 g/mol. The van der Waals surface area contributed by atoms with E-state index in [9.17, 15) is 0 Å². The number of hydrogen-bond donors (Lipinski definition) is 1. The summed E-state index contributed by atoms with van der Waals surface area (Å²) in [4.78, 5) is 1.93. The second kappa shape index (κ2) is 9.56. The minimum Gasteiger partial charge on any atom is -0.462 e. The standard InChI is InChI=1S/C6H15N2.K/c1-8(2)6-4-3-5-7;/h1,3-7H2,2H3;/q-1;+1. The van der Waals surface area contributed by atoms with Gasteiger partial charge >= 0.3 is 51.4 Å². The molecule has 0 aromatic rings. The Balaban J connectivity index is 0. The first-order valence-corrected chi connectivity index (χ1v) is 2.99. The number of nitrogens with zero attached hydrogens (tertiary/aromatic N) is 1. The van der Waals surface area contributed by atoms with Crippen molar-refractivity contribution in [2.45, 2.75) is 12.8 Å². The average Bonchev–Trinajstić information content (AvgIpc) is 1.66. The van der Waals surface area contributed by atoms with Crippen molar-refractivity contribution in [1.82, 2.24) is 4.90 Å². The zero-order chi connectivity index (χ0) is 6.41. The van der Waals surface area contributed by atoms with Gasteiger partial charge in [0.05, 0.1) is 0 Å². The predicted octanol–water partition coefficient (Wildman–Crippen LogP) is -2.55. The number of rotatable bonds is 4. The molecular formula is C6H15KN2. The van der Waals surface area contributed by atoms with Gasteiger partial charge in [0, 0.05) is 0 Å². The molecule has 0 unspecified atom stereocenters. The second-order valence-corrected chi connectivity index (χ2v) is 2.08. The van der Waals surface area contributed by atoms with E-state index in [0.717, 1.165) is 25.9 Å². The maximum absolute atomic E-state index is 5.28. The van der Waals surface area contributed by atoms with Crippen molar-refractivity contribution in [3.63, 3.8) is 0 Å². The molecule has 0 aromatic heterocycles. The Morgan fingerprint density at radius 2 is 2.00 bits per heavy atom. The van der Waals surface area contributed by atoms with Crippen molar-refractivity contribution in [2.75, 3.05) is 20.1 Å². The fourth-order valence-corrected chi connectivity index (χ4v) is 0.526. The van der Waals surface area contributed by atoms with Gasteiger partial charge in [-0.3, -0.25) is 7.05 Å². The van der Waals surface area contributed by atoms with Crippen molar-refractivity contribution in [2.24, 2.45) is 5.73 Å². The summed E-state index contributed by atoms with van der Waals surface area (Å²) >= 11 is 0. The molecule has 0 heterocycles. The van der Waals surface area contributed by atoms with Gasteiger partial charge in [0.25, 0.3) is 0 Å². The van der Waals surface area contributed by atoms with E-state index in [4.69, 9.17) is 5.73 Å². The van der Waals surface area contributed by atoms with E-state index in [-0.39, 0.29) is 51.4 Å². The van der Waals surface area contributed by atoms with Gasteiger partial charge in [-0.25, -0.2) is 0 Å². The van der Waals surface area contributed by atoms with E-state index in [1.807, 2.05) is 11.9 Å². The second-order valence-electron chi connectivity index (χ2n) is 2.08. The van der Waals surface area contributed by atoms with Crippen LogP contribution < -0.4 is 57.1 Å². The Hall–Kier alpha value is 1.56. The van der Waals surface area contributed by atoms with Crippen molar-refractivity contribution in [1.29, 1.82) is 0 Å². The molecule has 0 radical (unpaired) electrons. The Labute approximate surface area is 101 Å². The molecule has 0 aliphatic carbocycles. The third-order valence-corrected chi connectivity index (χ3v) is 0.994. The van der Waals surface area contributed by atoms with Gasteiger partial charge in [0.1, 0.15) is 0 Å². The molecule has 3 heteroatoms. The Morgan fingerprint density at radius 1 is 1.44 bits per heavy atom. The Kier molecular flexibility index (Phi) is 14.0. The van der Waals surface area contributed by atoms with E-state index in [0.29, 0.717) is 0 Å². The van der Waals surface area contributed by atoms with Crippen LogP contribution >= 0.6 is 0 Å². The normalized spacial score (nSPS) is 9.33. The fraction of sp³-hybridized carbons (Fsp3) is 0.833. The van der Waals surface area contributed by atoms with Crippen LogP contribution in [0.15, 0.2) is 0 Å². The minimum atomic E-state index is 0. The molecule has 0 spiro atoms. The maximum atomic E-state index is 5.28. The largest absolute Gasteiger partial charge is 1.00 e. The smallest absolute Gasteiger partial charge is 0.462 e. The van der Waals surface area contributed by atoms with Crippen molar-refractivity contribution in [3.05, 3.63) is 7.05 Å². The van der Waals surface area contributed by atoms with Gasteiger partial charge in [-0.1, -0.05) is 0 Å². The average molecular weight is 154 g/mol. The molecule has 0 saturated heterocycles. The number of unbranched alkanes of at least 4 members (excludes halogenated alkanes) is 1. The van der Waals surface area contributed by atoms with Crippen LogP contribution in [0.5, 0.6) is 0 Å². The van der Waals surface area contributed by atoms with E-state index < -0.39 is 0 Å². The molecule has 0 bridgehead atoms. The van der Waals surface area contributed by atoms with Gasteiger partial charge < -0.3 is 10.6 Å².